The van der Waals surface area contributed by atoms with Crippen molar-refractivity contribution >= 4 is 12.3 Å². The van der Waals surface area contributed by atoms with E-state index in [9.17, 15) is 9.59 Å². The van der Waals surface area contributed by atoms with E-state index in [1.165, 1.54) is 0 Å². The van der Waals surface area contributed by atoms with Crippen molar-refractivity contribution in [3.63, 3.8) is 0 Å². The van der Waals surface area contributed by atoms with Crippen molar-refractivity contribution in [2.45, 2.75) is 65.2 Å². The number of carbonyl (C=O) groups is 2. The van der Waals surface area contributed by atoms with Gasteiger partial charge in [0.15, 0.2) is 0 Å². The van der Waals surface area contributed by atoms with Gasteiger partial charge in [0.2, 0.25) is 0 Å². The third kappa shape index (κ3) is 18.8. The number of unbranched alkanes of at least 4 members (excludes halogenated alkanes) is 6. The van der Waals surface area contributed by atoms with Crippen molar-refractivity contribution in [3.8, 4) is 0 Å². The number of rotatable bonds is 16. The third-order valence-corrected chi connectivity index (χ3v) is 3.39. The second-order valence-electron chi connectivity index (χ2n) is 5.59. The fraction of sp³-hybridized carbons (Fsp3) is 0.889. The summed E-state index contributed by atoms with van der Waals surface area (Å²) in [7, 11) is 0. The Labute approximate surface area is 156 Å². The van der Waals surface area contributed by atoms with Crippen molar-refractivity contribution in [2.75, 3.05) is 39.6 Å². The lowest BCUT2D eigenvalue weighted by molar-refractivity contribution is -0.217. The third-order valence-electron chi connectivity index (χ3n) is 3.39. The van der Waals surface area contributed by atoms with Crippen LogP contribution < -0.4 is 0 Å². The van der Waals surface area contributed by atoms with Gasteiger partial charge in [0, 0.05) is 26.4 Å². The van der Waals surface area contributed by atoms with Crippen LogP contribution >= 0.6 is 0 Å². The van der Waals surface area contributed by atoms with Gasteiger partial charge < -0.3 is 18.9 Å². The van der Waals surface area contributed by atoms with Gasteiger partial charge in [-0.1, -0.05) is 12.8 Å². The number of carbonyl (C=O) groups excluding carboxylic acids is 2. The lowest BCUT2D eigenvalue weighted by Crippen LogP contribution is -2.14. The fourth-order valence-corrected chi connectivity index (χ4v) is 2.04. The summed E-state index contributed by atoms with van der Waals surface area (Å²) >= 11 is 0. The highest BCUT2D eigenvalue weighted by Gasteiger charge is 2.11. The zero-order valence-corrected chi connectivity index (χ0v) is 16.2. The minimum absolute atomic E-state index is 0.216. The molecule has 0 heterocycles. The molecule has 0 atom stereocenters. The van der Waals surface area contributed by atoms with Gasteiger partial charge in [-0.25, -0.2) is 0 Å². The van der Waals surface area contributed by atoms with Crippen molar-refractivity contribution in [1.82, 2.24) is 0 Å². The van der Waals surface area contributed by atoms with E-state index in [2.05, 4.69) is 9.78 Å². The molecule has 0 spiro atoms. The second kappa shape index (κ2) is 19.8. The molecule has 154 valence electrons. The topological polar surface area (TPSA) is 89.5 Å². The first kappa shape index (κ1) is 24.5. The van der Waals surface area contributed by atoms with Crippen molar-refractivity contribution in [2.24, 2.45) is 0 Å². The van der Waals surface area contributed by atoms with Crippen molar-refractivity contribution in [1.29, 1.82) is 0 Å². The monoisotopic (exact) mass is 378 g/mol. The van der Waals surface area contributed by atoms with E-state index >= 15 is 0 Å². The SMILES string of the molecule is CCOCCCCCCOC(=O)OOC(=O)OCCCCCCOCC. The number of hydrogen-bond donors (Lipinski definition) is 0. The smallest absolute Gasteiger partial charge is 0.432 e. The Kier molecular flexibility index (Phi) is 18.6. The van der Waals surface area contributed by atoms with Crippen LogP contribution in [0.15, 0.2) is 0 Å². The molecule has 0 aliphatic rings. The van der Waals surface area contributed by atoms with E-state index in [0.29, 0.717) is 0 Å². The minimum atomic E-state index is -1.05. The van der Waals surface area contributed by atoms with E-state index in [0.717, 1.165) is 77.8 Å². The van der Waals surface area contributed by atoms with Crippen LogP contribution in [0.2, 0.25) is 0 Å². The lowest BCUT2D eigenvalue weighted by Gasteiger charge is -2.06. The minimum Gasteiger partial charge on any atom is -0.432 e. The van der Waals surface area contributed by atoms with Gasteiger partial charge in [-0.2, -0.15) is 19.4 Å². The van der Waals surface area contributed by atoms with E-state index in [1.54, 1.807) is 0 Å². The van der Waals surface area contributed by atoms with Gasteiger partial charge in [0.05, 0.1) is 13.2 Å². The molecule has 8 nitrogen and oxygen atoms in total. The number of hydrogen-bond acceptors (Lipinski definition) is 8. The zero-order valence-electron chi connectivity index (χ0n) is 16.2. The molecule has 0 N–H and O–H groups in total. The van der Waals surface area contributed by atoms with Crippen LogP contribution in [-0.4, -0.2) is 52.0 Å². The first-order valence-corrected chi connectivity index (χ1v) is 9.54. The Hall–Kier alpha value is -1.54. The van der Waals surface area contributed by atoms with Crippen LogP contribution in [0.3, 0.4) is 0 Å². The maximum absolute atomic E-state index is 11.2. The maximum Gasteiger partial charge on any atom is 0.549 e. The van der Waals surface area contributed by atoms with Crippen LogP contribution in [0.1, 0.15) is 65.2 Å². The molecule has 0 saturated heterocycles. The summed E-state index contributed by atoms with van der Waals surface area (Å²) in [6, 6.07) is 0. The Bertz CT molecular complexity index is 303. The summed E-state index contributed by atoms with van der Waals surface area (Å²) < 4.78 is 20.0. The standard InChI is InChI=1S/C18H34O8/c1-3-21-13-9-5-7-11-15-23-17(19)25-26-18(20)24-16-12-8-6-10-14-22-4-2/h3-16H2,1-2H3. The molecule has 0 aromatic rings. The van der Waals surface area contributed by atoms with Crippen LogP contribution in [0.25, 0.3) is 0 Å². The highest BCUT2D eigenvalue weighted by Crippen LogP contribution is 2.03. The van der Waals surface area contributed by atoms with Gasteiger partial charge in [-0.15, -0.1) is 0 Å². The molecule has 0 radical (unpaired) electrons. The van der Waals surface area contributed by atoms with Gasteiger partial charge in [0.25, 0.3) is 0 Å². The molecule has 0 unspecified atom stereocenters. The van der Waals surface area contributed by atoms with Gasteiger partial charge in [-0.3, -0.25) is 0 Å². The average Bonchev–Trinajstić information content (AvgIpc) is 2.64. The fourth-order valence-electron chi connectivity index (χ4n) is 2.04. The van der Waals surface area contributed by atoms with E-state index < -0.39 is 12.3 Å². The first-order valence-electron chi connectivity index (χ1n) is 9.54. The van der Waals surface area contributed by atoms with E-state index in [1.807, 2.05) is 13.8 Å². The Morgan fingerprint density at radius 2 is 0.885 bits per heavy atom. The molecule has 8 heteroatoms. The predicted octanol–water partition coefficient (Wildman–Crippen LogP) is 4.40. The molecule has 0 aliphatic heterocycles. The normalized spacial score (nSPS) is 10.4. The molecule has 0 bridgehead atoms. The summed E-state index contributed by atoms with van der Waals surface area (Å²) in [4.78, 5) is 30.9. The molecule has 0 fully saturated rings. The van der Waals surface area contributed by atoms with Crippen molar-refractivity contribution in [3.05, 3.63) is 0 Å². The molecule has 0 aromatic heterocycles. The molecule has 0 amide bonds. The molecule has 0 aromatic carbocycles. The van der Waals surface area contributed by atoms with Gasteiger partial charge in [0.1, 0.15) is 0 Å². The highest BCUT2D eigenvalue weighted by atomic mass is 17.3. The molecule has 0 aliphatic carbocycles. The van der Waals surface area contributed by atoms with E-state index in [-0.39, 0.29) is 13.2 Å². The predicted molar refractivity (Wildman–Crippen MR) is 94.8 cm³/mol. The van der Waals surface area contributed by atoms with Crippen LogP contribution in [0.5, 0.6) is 0 Å². The Morgan fingerprint density at radius 1 is 0.538 bits per heavy atom. The molecule has 0 saturated carbocycles. The summed E-state index contributed by atoms with van der Waals surface area (Å²) in [5.74, 6) is 0. The maximum atomic E-state index is 11.2. The second-order valence-corrected chi connectivity index (χ2v) is 5.59. The molecule has 0 rings (SSSR count). The van der Waals surface area contributed by atoms with Crippen LogP contribution in [0, 0.1) is 0 Å². The summed E-state index contributed by atoms with van der Waals surface area (Å²) in [5, 5.41) is 0. The quantitative estimate of drug-likeness (QED) is 0.169. The molecular weight excluding hydrogens is 344 g/mol. The van der Waals surface area contributed by atoms with Crippen LogP contribution in [-0.2, 0) is 28.7 Å². The largest absolute Gasteiger partial charge is 0.549 e. The average molecular weight is 378 g/mol. The van der Waals surface area contributed by atoms with E-state index in [4.69, 9.17) is 18.9 Å². The molecular formula is C18H34O8. The summed E-state index contributed by atoms with van der Waals surface area (Å²) in [5.41, 5.74) is 0. The van der Waals surface area contributed by atoms with Gasteiger partial charge >= 0.3 is 12.3 Å². The zero-order chi connectivity index (χ0) is 19.3. The summed E-state index contributed by atoms with van der Waals surface area (Å²) in [6.07, 6.45) is 5.17. The van der Waals surface area contributed by atoms with Gasteiger partial charge in [-0.05, 0) is 52.4 Å². The first-order chi connectivity index (χ1) is 12.7. The Balaban J connectivity index is 3.33. The highest BCUT2D eigenvalue weighted by molar-refractivity contribution is 5.63. The molecule has 26 heavy (non-hydrogen) atoms. The van der Waals surface area contributed by atoms with Crippen molar-refractivity contribution < 1.29 is 38.3 Å². The lowest BCUT2D eigenvalue weighted by atomic mass is 10.2. The number of ether oxygens (including phenoxy) is 4. The van der Waals surface area contributed by atoms with Crippen LogP contribution in [0.4, 0.5) is 9.59 Å². The Morgan fingerprint density at radius 3 is 1.23 bits per heavy atom. The summed E-state index contributed by atoms with van der Waals surface area (Å²) in [6.45, 7) is 7.32.